The van der Waals surface area contributed by atoms with Crippen LogP contribution in [-0.4, -0.2) is 42.1 Å². The minimum Gasteiger partial charge on any atom is -0.497 e. The van der Waals surface area contributed by atoms with Crippen LogP contribution in [0, 0.1) is 6.92 Å². The highest BCUT2D eigenvalue weighted by Gasteiger charge is 2.25. The van der Waals surface area contributed by atoms with Crippen LogP contribution in [0.3, 0.4) is 0 Å². The Bertz CT molecular complexity index is 961. The van der Waals surface area contributed by atoms with Gasteiger partial charge in [0.2, 0.25) is 0 Å². The van der Waals surface area contributed by atoms with Gasteiger partial charge in [-0.25, -0.2) is 4.98 Å². The maximum Gasteiger partial charge on any atom is 0.274 e. The molecule has 5 nitrogen and oxygen atoms in total. The van der Waals surface area contributed by atoms with E-state index in [4.69, 9.17) is 9.47 Å². The molecule has 140 valence electrons. The standard InChI is InChI=1S/C21H22N2O3S/c1-14-4-3-5-15(12-14)20(24)23-10-8-16(9-11-23)26-21-22-18-7-6-17(25-2)13-19(18)27-21/h3-7,12-13,16H,8-11H2,1-2H3. The number of hydrogen-bond donors (Lipinski definition) is 0. The minimum atomic E-state index is 0.0917. The maximum atomic E-state index is 12.7. The number of likely N-dealkylation sites (tertiary alicyclic amines) is 1. The SMILES string of the molecule is COc1ccc2nc(OC3CCN(C(=O)c4cccc(C)c4)CC3)sc2c1. The monoisotopic (exact) mass is 382 g/mol. The van der Waals surface area contributed by atoms with E-state index in [0.717, 1.165) is 39.9 Å². The molecule has 1 aliphatic heterocycles. The molecule has 0 unspecified atom stereocenters. The first-order chi connectivity index (χ1) is 13.1. The molecule has 0 N–H and O–H groups in total. The van der Waals surface area contributed by atoms with Gasteiger partial charge < -0.3 is 14.4 Å². The van der Waals surface area contributed by atoms with Gasteiger partial charge in [-0.3, -0.25) is 4.79 Å². The van der Waals surface area contributed by atoms with Crippen molar-refractivity contribution in [2.24, 2.45) is 0 Å². The van der Waals surface area contributed by atoms with Crippen LogP contribution in [0.4, 0.5) is 0 Å². The Morgan fingerprint density at radius 3 is 2.74 bits per heavy atom. The molecular formula is C21H22N2O3S. The van der Waals surface area contributed by atoms with Crippen molar-refractivity contribution >= 4 is 27.5 Å². The minimum absolute atomic E-state index is 0.0917. The van der Waals surface area contributed by atoms with E-state index in [9.17, 15) is 4.79 Å². The molecule has 0 bridgehead atoms. The summed E-state index contributed by atoms with van der Waals surface area (Å²) in [6.07, 6.45) is 1.72. The summed E-state index contributed by atoms with van der Waals surface area (Å²) in [4.78, 5) is 19.1. The molecule has 1 fully saturated rings. The average molecular weight is 382 g/mol. The van der Waals surface area contributed by atoms with Crippen LogP contribution < -0.4 is 9.47 Å². The number of methoxy groups -OCH3 is 1. The number of carbonyl (C=O) groups excluding carboxylic acids is 1. The van der Waals surface area contributed by atoms with Gasteiger partial charge in [-0.2, -0.15) is 0 Å². The molecule has 0 radical (unpaired) electrons. The topological polar surface area (TPSA) is 51.7 Å². The molecular weight excluding hydrogens is 360 g/mol. The van der Waals surface area contributed by atoms with E-state index in [1.165, 1.54) is 11.3 Å². The van der Waals surface area contributed by atoms with Crippen molar-refractivity contribution in [3.63, 3.8) is 0 Å². The molecule has 0 spiro atoms. The number of piperidine rings is 1. The number of carbonyl (C=O) groups is 1. The second-order valence-corrected chi connectivity index (χ2v) is 7.79. The summed E-state index contributed by atoms with van der Waals surface area (Å²) in [5.41, 5.74) is 2.78. The van der Waals surface area contributed by atoms with E-state index in [-0.39, 0.29) is 12.0 Å². The van der Waals surface area contributed by atoms with Crippen molar-refractivity contribution in [2.45, 2.75) is 25.9 Å². The van der Waals surface area contributed by atoms with Crippen molar-refractivity contribution in [1.82, 2.24) is 9.88 Å². The van der Waals surface area contributed by atoms with Gasteiger partial charge in [0.1, 0.15) is 11.9 Å². The zero-order valence-electron chi connectivity index (χ0n) is 15.5. The van der Waals surface area contributed by atoms with E-state index in [0.29, 0.717) is 18.3 Å². The summed E-state index contributed by atoms with van der Waals surface area (Å²) >= 11 is 1.53. The van der Waals surface area contributed by atoms with Crippen LogP contribution >= 0.6 is 11.3 Å². The lowest BCUT2D eigenvalue weighted by Gasteiger charge is -2.31. The van der Waals surface area contributed by atoms with Crippen LogP contribution in [0.15, 0.2) is 42.5 Å². The Morgan fingerprint density at radius 2 is 2.00 bits per heavy atom. The highest BCUT2D eigenvalue weighted by atomic mass is 32.1. The lowest BCUT2D eigenvalue weighted by Crippen LogP contribution is -2.41. The number of aromatic nitrogens is 1. The zero-order valence-corrected chi connectivity index (χ0v) is 16.3. The second-order valence-electron chi connectivity index (χ2n) is 6.79. The van der Waals surface area contributed by atoms with Crippen molar-refractivity contribution in [3.8, 4) is 10.9 Å². The number of fused-ring (bicyclic) bond motifs is 1. The molecule has 27 heavy (non-hydrogen) atoms. The molecule has 1 aliphatic rings. The summed E-state index contributed by atoms with van der Waals surface area (Å²) in [7, 11) is 1.66. The number of thiazole rings is 1. The number of nitrogens with zero attached hydrogens (tertiary/aromatic N) is 2. The van der Waals surface area contributed by atoms with E-state index in [2.05, 4.69) is 4.98 Å². The predicted molar refractivity (Wildman–Crippen MR) is 107 cm³/mol. The van der Waals surface area contributed by atoms with Crippen molar-refractivity contribution in [2.75, 3.05) is 20.2 Å². The second kappa shape index (κ2) is 7.56. The number of benzene rings is 2. The Balaban J connectivity index is 1.37. The molecule has 1 aromatic heterocycles. The third-order valence-electron chi connectivity index (χ3n) is 4.84. The zero-order chi connectivity index (χ0) is 18.8. The summed E-state index contributed by atoms with van der Waals surface area (Å²) < 4.78 is 12.4. The van der Waals surface area contributed by atoms with E-state index < -0.39 is 0 Å². The summed E-state index contributed by atoms with van der Waals surface area (Å²) in [5, 5.41) is 0.682. The van der Waals surface area contributed by atoms with Crippen LogP contribution in [0.1, 0.15) is 28.8 Å². The number of aryl methyl sites for hydroxylation is 1. The van der Waals surface area contributed by atoms with Crippen molar-refractivity contribution in [3.05, 3.63) is 53.6 Å². The van der Waals surface area contributed by atoms with Gasteiger partial charge in [-0.05, 0) is 37.3 Å². The molecule has 1 amide bonds. The molecule has 0 aliphatic carbocycles. The number of ether oxygens (including phenoxy) is 2. The quantitative estimate of drug-likeness (QED) is 0.675. The summed E-state index contributed by atoms with van der Waals surface area (Å²) in [6, 6.07) is 13.6. The van der Waals surface area contributed by atoms with Gasteiger partial charge in [0.05, 0.1) is 17.3 Å². The van der Waals surface area contributed by atoms with Gasteiger partial charge in [0, 0.05) is 31.5 Å². The van der Waals surface area contributed by atoms with Crippen LogP contribution in [0.2, 0.25) is 0 Å². The molecule has 1 saturated heterocycles. The molecule has 6 heteroatoms. The maximum absolute atomic E-state index is 12.7. The van der Waals surface area contributed by atoms with E-state index in [1.54, 1.807) is 7.11 Å². The normalized spacial score (nSPS) is 15.1. The van der Waals surface area contributed by atoms with Gasteiger partial charge in [0.15, 0.2) is 0 Å². The smallest absolute Gasteiger partial charge is 0.274 e. The first-order valence-electron chi connectivity index (χ1n) is 9.09. The summed E-state index contributed by atoms with van der Waals surface area (Å²) in [6.45, 7) is 3.41. The lowest BCUT2D eigenvalue weighted by atomic mass is 10.1. The van der Waals surface area contributed by atoms with E-state index >= 15 is 0 Å². The van der Waals surface area contributed by atoms with Gasteiger partial charge >= 0.3 is 0 Å². The fourth-order valence-electron chi connectivity index (χ4n) is 3.34. The average Bonchev–Trinajstić information content (AvgIpc) is 3.09. The largest absolute Gasteiger partial charge is 0.497 e. The fourth-order valence-corrected chi connectivity index (χ4v) is 4.25. The number of rotatable bonds is 4. The van der Waals surface area contributed by atoms with Gasteiger partial charge in [-0.1, -0.05) is 29.0 Å². The Hall–Kier alpha value is -2.60. The molecule has 3 aromatic rings. The van der Waals surface area contributed by atoms with Gasteiger partial charge in [0.25, 0.3) is 11.1 Å². The molecule has 2 heterocycles. The predicted octanol–water partition coefficient (Wildman–Crippen LogP) is 4.30. The highest BCUT2D eigenvalue weighted by Crippen LogP contribution is 2.32. The first-order valence-corrected chi connectivity index (χ1v) is 9.91. The third-order valence-corrected chi connectivity index (χ3v) is 5.75. The highest BCUT2D eigenvalue weighted by molar-refractivity contribution is 7.20. The summed E-state index contributed by atoms with van der Waals surface area (Å²) in [5.74, 6) is 0.921. The first kappa shape index (κ1) is 17.8. The van der Waals surface area contributed by atoms with Crippen molar-refractivity contribution in [1.29, 1.82) is 0 Å². The van der Waals surface area contributed by atoms with Gasteiger partial charge in [-0.15, -0.1) is 0 Å². The van der Waals surface area contributed by atoms with Crippen molar-refractivity contribution < 1.29 is 14.3 Å². The van der Waals surface area contributed by atoms with Crippen LogP contribution in [-0.2, 0) is 0 Å². The molecule has 0 saturated carbocycles. The number of hydrogen-bond acceptors (Lipinski definition) is 5. The molecule has 2 aromatic carbocycles. The van der Waals surface area contributed by atoms with Crippen LogP contribution in [0.5, 0.6) is 10.9 Å². The fraction of sp³-hybridized carbons (Fsp3) is 0.333. The third kappa shape index (κ3) is 3.90. The molecule has 0 atom stereocenters. The lowest BCUT2D eigenvalue weighted by molar-refractivity contribution is 0.0595. The molecule has 4 rings (SSSR count). The van der Waals surface area contributed by atoms with Crippen LogP contribution in [0.25, 0.3) is 10.2 Å². The Labute approximate surface area is 162 Å². The number of amides is 1. The Morgan fingerprint density at radius 1 is 1.19 bits per heavy atom. The Kier molecular flexibility index (Phi) is 4.99. The van der Waals surface area contributed by atoms with E-state index in [1.807, 2.05) is 54.3 Å².